The fourth-order valence-electron chi connectivity index (χ4n) is 1.48. The van der Waals surface area contributed by atoms with Gasteiger partial charge in [0.1, 0.15) is 0 Å². The number of hydrogen-bond acceptors (Lipinski definition) is 3. The fourth-order valence-corrected chi connectivity index (χ4v) is 4.23. The molecule has 0 aliphatic carbocycles. The lowest BCUT2D eigenvalue weighted by atomic mass is 10.5. The van der Waals surface area contributed by atoms with Crippen molar-refractivity contribution in [2.45, 2.75) is 19.8 Å². The van der Waals surface area contributed by atoms with Gasteiger partial charge in [-0.3, -0.25) is 4.21 Å². The molecule has 0 bridgehead atoms. The average Bonchev–Trinajstić information content (AvgIpc) is 2.30. The molecular formula is C8H17NO3S2. The molecule has 6 heteroatoms. The van der Waals surface area contributed by atoms with Gasteiger partial charge in [0.25, 0.3) is 0 Å². The molecule has 0 spiro atoms. The summed E-state index contributed by atoms with van der Waals surface area (Å²) in [5, 5.41) is 0. The summed E-state index contributed by atoms with van der Waals surface area (Å²) in [5.74, 6) is 1.33. The van der Waals surface area contributed by atoms with Crippen LogP contribution in [0.25, 0.3) is 0 Å². The lowest BCUT2D eigenvalue weighted by molar-refractivity contribution is 0.434. The van der Waals surface area contributed by atoms with Gasteiger partial charge in [-0.05, 0) is 12.8 Å². The lowest BCUT2D eigenvalue weighted by Crippen LogP contribution is -2.34. The van der Waals surface area contributed by atoms with E-state index in [1.54, 1.807) is 0 Å². The Kier molecular flexibility index (Phi) is 4.53. The summed E-state index contributed by atoms with van der Waals surface area (Å²) < 4.78 is 36.0. The van der Waals surface area contributed by atoms with Crippen LogP contribution in [-0.2, 0) is 20.8 Å². The van der Waals surface area contributed by atoms with Crippen LogP contribution in [0.15, 0.2) is 0 Å². The SMILES string of the molecule is CCCS(=O)(=O)N1CCCS(=O)CC1. The van der Waals surface area contributed by atoms with Crippen LogP contribution in [-0.4, -0.2) is 47.3 Å². The van der Waals surface area contributed by atoms with Crippen LogP contribution in [0, 0.1) is 0 Å². The van der Waals surface area contributed by atoms with Crippen molar-refractivity contribution in [1.82, 2.24) is 4.31 Å². The predicted octanol–water partition coefficient (Wildman–Crippen LogP) is 0.181. The summed E-state index contributed by atoms with van der Waals surface area (Å²) in [7, 11) is -3.90. The molecule has 0 aromatic carbocycles. The van der Waals surface area contributed by atoms with Crippen molar-refractivity contribution >= 4 is 20.8 Å². The second kappa shape index (κ2) is 5.23. The second-order valence-corrected chi connectivity index (χ2v) is 7.20. The van der Waals surface area contributed by atoms with Crippen molar-refractivity contribution in [2.24, 2.45) is 0 Å². The van der Waals surface area contributed by atoms with E-state index < -0.39 is 20.8 Å². The topological polar surface area (TPSA) is 54.5 Å². The van der Waals surface area contributed by atoms with Crippen molar-refractivity contribution in [3.05, 3.63) is 0 Å². The summed E-state index contributed by atoms with van der Waals surface area (Å²) in [6.07, 6.45) is 1.36. The maximum atomic E-state index is 11.7. The van der Waals surface area contributed by atoms with E-state index in [4.69, 9.17) is 0 Å². The Balaban J connectivity index is 2.63. The van der Waals surface area contributed by atoms with E-state index in [1.807, 2.05) is 6.92 Å². The monoisotopic (exact) mass is 239 g/mol. The summed E-state index contributed by atoms with van der Waals surface area (Å²) in [6, 6.07) is 0. The van der Waals surface area contributed by atoms with E-state index in [2.05, 4.69) is 0 Å². The molecule has 84 valence electrons. The molecule has 1 heterocycles. The minimum absolute atomic E-state index is 0.208. The lowest BCUT2D eigenvalue weighted by Gasteiger charge is -2.18. The Labute approximate surface area is 88.2 Å². The van der Waals surface area contributed by atoms with Crippen molar-refractivity contribution in [3.8, 4) is 0 Å². The van der Waals surface area contributed by atoms with Crippen LogP contribution in [0.3, 0.4) is 0 Å². The van der Waals surface area contributed by atoms with Crippen molar-refractivity contribution in [2.75, 3.05) is 30.3 Å². The van der Waals surface area contributed by atoms with Gasteiger partial charge >= 0.3 is 0 Å². The van der Waals surface area contributed by atoms with E-state index in [1.165, 1.54) is 4.31 Å². The maximum Gasteiger partial charge on any atom is 0.214 e. The van der Waals surface area contributed by atoms with Crippen LogP contribution in [0.2, 0.25) is 0 Å². The van der Waals surface area contributed by atoms with Crippen LogP contribution >= 0.6 is 0 Å². The number of sulfonamides is 1. The number of nitrogens with zero attached hydrogens (tertiary/aromatic N) is 1. The highest BCUT2D eigenvalue weighted by molar-refractivity contribution is 7.89. The Morgan fingerprint density at radius 2 is 2.00 bits per heavy atom. The zero-order valence-corrected chi connectivity index (χ0v) is 10.1. The summed E-state index contributed by atoms with van der Waals surface area (Å²) in [6.45, 7) is 2.82. The highest BCUT2D eigenvalue weighted by Crippen LogP contribution is 2.08. The number of rotatable bonds is 3. The molecule has 0 aromatic heterocycles. The predicted molar refractivity (Wildman–Crippen MR) is 58.1 cm³/mol. The van der Waals surface area contributed by atoms with Crippen LogP contribution in [0.4, 0.5) is 0 Å². The third kappa shape index (κ3) is 3.33. The quantitative estimate of drug-likeness (QED) is 0.706. The van der Waals surface area contributed by atoms with E-state index in [-0.39, 0.29) is 5.75 Å². The third-order valence-electron chi connectivity index (χ3n) is 2.20. The maximum absolute atomic E-state index is 11.7. The van der Waals surface area contributed by atoms with Gasteiger partial charge < -0.3 is 0 Å². The van der Waals surface area contributed by atoms with Crippen molar-refractivity contribution < 1.29 is 12.6 Å². The first-order valence-corrected chi connectivity index (χ1v) is 7.99. The van der Waals surface area contributed by atoms with E-state index in [9.17, 15) is 12.6 Å². The van der Waals surface area contributed by atoms with Gasteiger partial charge in [0.15, 0.2) is 0 Å². The zero-order valence-electron chi connectivity index (χ0n) is 8.44. The Bertz CT molecular complexity index is 300. The van der Waals surface area contributed by atoms with Crippen molar-refractivity contribution in [1.29, 1.82) is 0 Å². The first-order chi connectivity index (χ1) is 6.56. The molecule has 14 heavy (non-hydrogen) atoms. The summed E-state index contributed by atoms with van der Waals surface area (Å²) in [4.78, 5) is 0. The molecule has 4 nitrogen and oxygen atoms in total. The highest BCUT2D eigenvalue weighted by Gasteiger charge is 2.23. The molecule has 1 atom stereocenters. The minimum Gasteiger partial charge on any atom is -0.260 e. The van der Waals surface area contributed by atoms with Crippen LogP contribution in [0.1, 0.15) is 19.8 Å². The normalized spacial score (nSPS) is 25.9. The van der Waals surface area contributed by atoms with Gasteiger partial charge in [0, 0.05) is 35.4 Å². The highest BCUT2D eigenvalue weighted by atomic mass is 32.2. The van der Waals surface area contributed by atoms with Gasteiger partial charge in [-0.15, -0.1) is 0 Å². The third-order valence-corrected chi connectivity index (χ3v) is 5.66. The molecule has 1 saturated heterocycles. The molecule has 0 radical (unpaired) electrons. The molecule has 0 aromatic rings. The zero-order chi connectivity index (χ0) is 10.6. The van der Waals surface area contributed by atoms with Crippen LogP contribution in [0.5, 0.6) is 0 Å². The van der Waals surface area contributed by atoms with E-state index in [0.717, 1.165) is 6.42 Å². The molecule has 1 aliphatic rings. The second-order valence-electron chi connectivity index (χ2n) is 3.42. The molecule has 1 rings (SSSR count). The summed E-state index contributed by atoms with van der Waals surface area (Å²) >= 11 is 0. The van der Waals surface area contributed by atoms with Crippen LogP contribution < -0.4 is 0 Å². The first kappa shape index (κ1) is 12.1. The molecule has 1 aliphatic heterocycles. The molecule has 1 unspecified atom stereocenters. The Morgan fingerprint density at radius 1 is 1.29 bits per heavy atom. The standard InChI is InChI=1S/C8H17NO3S2/c1-2-8-14(11,12)9-4-3-6-13(10)7-5-9/h2-8H2,1H3. The molecule has 1 fully saturated rings. The van der Waals surface area contributed by atoms with Crippen molar-refractivity contribution in [3.63, 3.8) is 0 Å². The number of hydrogen-bond donors (Lipinski definition) is 0. The molecular weight excluding hydrogens is 222 g/mol. The Hall–Kier alpha value is 0.0600. The largest absolute Gasteiger partial charge is 0.260 e. The van der Waals surface area contributed by atoms with Gasteiger partial charge in [0.05, 0.1) is 5.75 Å². The summed E-state index contributed by atoms with van der Waals surface area (Å²) in [5.41, 5.74) is 0. The van der Waals surface area contributed by atoms with E-state index >= 15 is 0 Å². The first-order valence-electron chi connectivity index (χ1n) is 4.89. The van der Waals surface area contributed by atoms with Gasteiger partial charge in [-0.1, -0.05) is 6.92 Å². The minimum atomic E-state index is -3.08. The fraction of sp³-hybridized carbons (Fsp3) is 1.00. The van der Waals surface area contributed by atoms with Gasteiger partial charge in [-0.25, -0.2) is 12.7 Å². The van der Waals surface area contributed by atoms with Gasteiger partial charge in [-0.2, -0.15) is 0 Å². The average molecular weight is 239 g/mol. The molecule has 0 amide bonds. The molecule has 0 N–H and O–H groups in total. The van der Waals surface area contributed by atoms with Gasteiger partial charge in [0.2, 0.25) is 10.0 Å². The molecule has 0 saturated carbocycles. The van der Waals surface area contributed by atoms with E-state index in [0.29, 0.717) is 31.0 Å². The Morgan fingerprint density at radius 3 is 2.64 bits per heavy atom. The smallest absolute Gasteiger partial charge is 0.214 e.